The first-order valence-electron chi connectivity index (χ1n) is 10.2. The van der Waals surface area contributed by atoms with Gasteiger partial charge in [-0.1, -0.05) is 0 Å². The van der Waals surface area contributed by atoms with Crippen LogP contribution in [0.3, 0.4) is 0 Å². The molecule has 2 atom stereocenters. The minimum absolute atomic E-state index is 1.86. The number of piperidine rings is 1. The van der Waals surface area contributed by atoms with Gasteiger partial charge in [-0.25, -0.2) is 0 Å². The second kappa shape index (κ2) is 2.54. The molecule has 1 aliphatic heterocycles. The highest BCUT2D eigenvalue weighted by Crippen LogP contribution is 2.19. The molecule has 3 nitrogen and oxygen atoms in total. The van der Waals surface area contributed by atoms with E-state index in [9.17, 15) is 10.0 Å². The van der Waals surface area contributed by atoms with Gasteiger partial charge < -0.3 is 10.3 Å². The highest BCUT2D eigenvalue weighted by Gasteiger charge is 2.44. The molecular weight excluding hydrogens is 154 g/mol. The van der Waals surface area contributed by atoms with Crippen LogP contribution < -0.4 is 5.06 Å². The Kier molecular flexibility index (Phi) is 0.420. The van der Waals surface area contributed by atoms with Gasteiger partial charge in [0.05, 0.1) is 23.9 Å². The number of Topliss-reactive ketones (excluding diaryl/α,β-unsaturated/α-hetero) is 1. The molecule has 1 heterocycles. The number of hydrogen-bond donors (Lipinski definition) is 1. The molecule has 1 rings (SSSR count). The van der Waals surface area contributed by atoms with E-state index in [4.69, 9.17) is 19.2 Å². The van der Waals surface area contributed by atoms with E-state index in [0.29, 0.717) is 0 Å². The van der Waals surface area contributed by atoms with Crippen molar-refractivity contribution in [3.8, 4) is 0 Å². The van der Waals surface area contributed by atoms with Gasteiger partial charge in [-0.05, 0) is 27.4 Å². The van der Waals surface area contributed by atoms with E-state index in [1.165, 1.54) is 0 Å². The summed E-state index contributed by atoms with van der Waals surface area (Å²) in [5, 5.41) is 10.8. The monoisotopic (exact) mass is 185 g/mol. The minimum Gasteiger partial charge on any atom is -0.634 e. The molecule has 0 bridgehead atoms. The number of carbonyl (C=O) groups excluding carboxylic acids is 1. The Morgan fingerprint density at radius 1 is 1.42 bits per heavy atom. The quantitative estimate of drug-likeness (QED) is 0.551. The van der Waals surface area contributed by atoms with Gasteiger partial charge in [0.25, 0.3) is 0 Å². The van der Waals surface area contributed by atoms with Crippen molar-refractivity contribution in [1.29, 1.82) is 0 Å². The Morgan fingerprint density at radius 3 is 2.17 bits per heavy atom. The molecule has 1 aliphatic rings. The predicted molar refractivity (Wildman–Crippen MR) is 46.7 cm³/mol. The SMILES string of the molecule is [2H]C1C(=O)C([2H])C(C([2H])([2H])[2H])(C([2H])([2H])[2H])[NH+]([O-])C1(C([2H])([2H])[2H])C([2H])([2H])[2H]. The van der Waals surface area contributed by atoms with Crippen molar-refractivity contribution >= 4 is 5.78 Å². The zero-order valence-electron chi connectivity index (χ0n) is 20.0. The third-order valence-electron chi connectivity index (χ3n) is 1.43. The third kappa shape index (κ3) is 1.52. The summed E-state index contributed by atoms with van der Waals surface area (Å²) >= 11 is 0. The summed E-state index contributed by atoms with van der Waals surface area (Å²) in [6.07, 6.45) is -5.70. The minimum atomic E-state index is -3.90. The van der Waals surface area contributed by atoms with E-state index in [0.717, 1.165) is 0 Å². The average Bonchev–Trinajstić information content (AvgIpc) is 2.30. The fraction of sp³-hybridized carbons (Fsp3) is 0.889. The lowest BCUT2D eigenvalue weighted by Crippen LogP contribution is -3.23. The molecule has 2 unspecified atom stereocenters. The first kappa shape index (κ1) is 1.98. The van der Waals surface area contributed by atoms with Crippen molar-refractivity contribution in [2.24, 2.45) is 0 Å². The van der Waals surface area contributed by atoms with Crippen molar-refractivity contribution in [2.45, 2.75) is 51.3 Å². The Morgan fingerprint density at radius 2 is 1.83 bits per heavy atom. The molecule has 0 aliphatic carbocycles. The zero-order chi connectivity index (χ0) is 21.3. The van der Waals surface area contributed by atoms with Crippen LogP contribution in [-0.4, -0.2) is 16.9 Å². The standard InChI is InChI=1S/C9H17NO2/c1-8(2)5-7(11)6-9(3,4)10(8)12/h10H,5-6H2,1-4H3/i1D3,2D3,3D3,4D3,5D,6D. The van der Waals surface area contributed by atoms with Crippen molar-refractivity contribution in [3.05, 3.63) is 5.21 Å². The molecular formula is C9H17NO2. The van der Waals surface area contributed by atoms with Crippen LogP contribution >= 0.6 is 0 Å². The maximum Gasteiger partial charge on any atom is 0.145 e. The maximum absolute atomic E-state index is 13.1. The van der Waals surface area contributed by atoms with Crippen molar-refractivity contribution in [3.63, 3.8) is 0 Å². The lowest BCUT2D eigenvalue weighted by Gasteiger charge is -2.51. The van der Waals surface area contributed by atoms with Crippen LogP contribution in [0.1, 0.15) is 59.4 Å². The molecule has 1 fully saturated rings. The Labute approximate surface area is 93.0 Å². The first-order chi connectivity index (χ1) is 11.1. The van der Waals surface area contributed by atoms with E-state index in [-0.39, 0.29) is 0 Å². The maximum atomic E-state index is 13.1. The number of ketones is 1. The first-order valence-corrected chi connectivity index (χ1v) is 3.06. The summed E-state index contributed by atoms with van der Waals surface area (Å²) in [7, 11) is 0. The summed E-state index contributed by atoms with van der Waals surface area (Å²) in [5.41, 5.74) is -7.78. The lowest BCUT2D eigenvalue weighted by molar-refractivity contribution is -0.950. The zero-order valence-corrected chi connectivity index (χ0v) is 5.97. The van der Waals surface area contributed by atoms with Crippen molar-refractivity contribution in [2.75, 3.05) is 0 Å². The summed E-state index contributed by atoms with van der Waals surface area (Å²) < 4.78 is 105. The van der Waals surface area contributed by atoms with Gasteiger partial charge >= 0.3 is 0 Å². The van der Waals surface area contributed by atoms with Crippen LogP contribution in [0, 0.1) is 5.21 Å². The lowest BCUT2D eigenvalue weighted by atomic mass is 9.81. The van der Waals surface area contributed by atoms with Crippen LogP contribution in [0.15, 0.2) is 0 Å². The van der Waals surface area contributed by atoms with Crippen molar-refractivity contribution < 1.29 is 29.0 Å². The van der Waals surface area contributed by atoms with Crippen LogP contribution in [0.2, 0.25) is 0 Å². The highest BCUT2D eigenvalue weighted by molar-refractivity contribution is 5.80. The molecule has 12 heavy (non-hydrogen) atoms. The number of quaternary nitrogens is 1. The molecule has 0 aromatic carbocycles. The number of hydrogen-bond acceptors (Lipinski definition) is 2. The van der Waals surface area contributed by atoms with Gasteiger partial charge in [-0.3, -0.25) is 4.79 Å². The molecule has 1 saturated heterocycles. The Hall–Kier alpha value is -0.410. The fourth-order valence-corrected chi connectivity index (χ4v) is 0.911. The topological polar surface area (TPSA) is 44.6 Å². The highest BCUT2D eigenvalue weighted by atomic mass is 16.5. The largest absolute Gasteiger partial charge is 0.634 e. The molecule has 0 spiro atoms. The summed E-state index contributed by atoms with van der Waals surface area (Å²) in [5.74, 6) is -1.86. The second-order valence-electron chi connectivity index (χ2n) is 2.64. The second-order valence-corrected chi connectivity index (χ2v) is 2.64. The molecule has 0 radical (unpaired) electrons. The van der Waals surface area contributed by atoms with E-state index >= 15 is 0 Å². The van der Waals surface area contributed by atoms with Crippen LogP contribution in [0.25, 0.3) is 0 Å². The van der Waals surface area contributed by atoms with E-state index in [1.54, 1.807) is 0 Å². The van der Waals surface area contributed by atoms with Gasteiger partial charge in [0.2, 0.25) is 0 Å². The molecule has 0 amide bonds. The number of hydroxylamine groups is 2. The third-order valence-corrected chi connectivity index (χ3v) is 1.43. The smallest absolute Gasteiger partial charge is 0.145 e. The molecule has 0 aromatic rings. The van der Waals surface area contributed by atoms with Gasteiger partial charge in [-0.2, -0.15) is 0 Å². The predicted octanol–water partition coefficient (Wildman–Crippen LogP) is 0.289. The van der Waals surface area contributed by atoms with Crippen LogP contribution in [0.5, 0.6) is 0 Å². The Bertz CT molecular complexity index is 495. The summed E-state index contributed by atoms with van der Waals surface area (Å²) in [4.78, 5) is 12.4. The van der Waals surface area contributed by atoms with Gasteiger partial charge in [-0.15, -0.1) is 0 Å². The number of carbonyl (C=O) groups is 1. The van der Waals surface area contributed by atoms with Crippen LogP contribution in [0.4, 0.5) is 0 Å². The van der Waals surface area contributed by atoms with E-state index < -0.39 is 62.1 Å². The summed E-state index contributed by atoms with van der Waals surface area (Å²) in [6.45, 7) is -15.6. The van der Waals surface area contributed by atoms with E-state index in [1.807, 2.05) is 0 Å². The normalized spacial score (nSPS) is 67.1. The fourth-order valence-electron chi connectivity index (χ4n) is 0.911. The Balaban J connectivity index is 4.14. The van der Waals surface area contributed by atoms with Crippen LogP contribution in [-0.2, 0) is 4.79 Å². The molecule has 3 heteroatoms. The average molecular weight is 185 g/mol. The van der Waals surface area contributed by atoms with Gasteiger partial charge in [0.1, 0.15) is 5.78 Å². The number of nitrogens with one attached hydrogen (secondary N) is 1. The van der Waals surface area contributed by atoms with Gasteiger partial charge in [0.15, 0.2) is 0 Å². The van der Waals surface area contributed by atoms with Gasteiger partial charge in [0, 0.05) is 19.2 Å². The number of rotatable bonds is 0. The molecule has 0 aromatic heterocycles. The molecule has 70 valence electrons. The van der Waals surface area contributed by atoms with Crippen molar-refractivity contribution in [1.82, 2.24) is 0 Å². The molecule has 0 saturated carbocycles. The molecule has 1 N–H and O–H groups in total. The van der Waals surface area contributed by atoms with E-state index in [2.05, 4.69) is 0 Å². The summed E-state index contributed by atoms with van der Waals surface area (Å²) in [6, 6.07) is 0.